The fourth-order valence-corrected chi connectivity index (χ4v) is 2.85. The molecule has 0 atom stereocenters. The highest BCUT2D eigenvalue weighted by molar-refractivity contribution is 7.18. The Morgan fingerprint density at radius 1 is 1.37 bits per heavy atom. The van der Waals surface area contributed by atoms with Crippen LogP contribution in [0.3, 0.4) is 0 Å². The number of hydrogen-bond donors (Lipinski definition) is 1. The fraction of sp³-hybridized carbons (Fsp3) is 0.308. The SMILES string of the molecule is CC(C)(C)c1cc2c(=O)[nH]c(-c3ccon3)nc2s1. The molecule has 98 valence electrons. The molecule has 0 saturated heterocycles. The van der Waals surface area contributed by atoms with Crippen molar-refractivity contribution in [2.45, 2.75) is 26.2 Å². The average Bonchev–Trinajstić information content (AvgIpc) is 2.96. The van der Waals surface area contributed by atoms with Crippen molar-refractivity contribution >= 4 is 21.6 Å². The molecule has 0 unspecified atom stereocenters. The Hall–Kier alpha value is -1.95. The van der Waals surface area contributed by atoms with E-state index in [0.29, 0.717) is 16.9 Å². The van der Waals surface area contributed by atoms with Gasteiger partial charge in [0.05, 0.1) is 5.39 Å². The van der Waals surface area contributed by atoms with Gasteiger partial charge in [-0.1, -0.05) is 25.9 Å². The molecule has 5 nitrogen and oxygen atoms in total. The summed E-state index contributed by atoms with van der Waals surface area (Å²) in [5, 5.41) is 4.41. The zero-order chi connectivity index (χ0) is 13.6. The van der Waals surface area contributed by atoms with Crippen molar-refractivity contribution in [2.24, 2.45) is 0 Å². The molecule has 0 bridgehead atoms. The van der Waals surface area contributed by atoms with Crippen LogP contribution in [0.1, 0.15) is 25.6 Å². The summed E-state index contributed by atoms with van der Waals surface area (Å²) in [6, 6.07) is 3.58. The average molecular weight is 275 g/mol. The second-order valence-electron chi connectivity index (χ2n) is 5.38. The first-order valence-corrected chi connectivity index (χ1v) is 6.72. The predicted molar refractivity (Wildman–Crippen MR) is 74.4 cm³/mol. The highest BCUT2D eigenvalue weighted by Gasteiger charge is 2.19. The van der Waals surface area contributed by atoms with E-state index in [-0.39, 0.29) is 11.0 Å². The number of aromatic amines is 1. The van der Waals surface area contributed by atoms with E-state index in [4.69, 9.17) is 4.52 Å². The van der Waals surface area contributed by atoms with Crippen LogP contribution in [0.25, 0.3) is 21.7 Å². The monoisotopic (exact) mass is 275 g/mol. The smallest absolute Gasteiger partial charge is 0.259 e. The van der Waals surface area contributed by atoms with Gasteiger partial charge in [0.1, 0.15) is 16.8 Å². The largest absolute Gasteiger partial charge is 0.364 e. The summed E-state index contributed by atoms with van der Waals surface area (Å²) < 4.78 is 4.77. The molecule has 3 aromatic rings. The quantitative estimate of drug-likeness (QED) is 0.741. The standard InChI is InChI=1S/C13H13N3O2S/c1-13(2,3)9-6-7-11(17)14-10(15-12(7)19-9)8-4-5-18-16-8/h4-6H,1-3H3,(H,14,15,17). The molecule has 0 aliphatic rings. The van der Waals surface area contributed by atoms with E-state index < -0.39 is 0 Å². The summed E-state index contributed by atoms with van der Waals surface area (Å²) in [7, 11) is 0. The number of aromatic nitrogens is 3. The van der Waals surface area contributed by atoms with Crippen LogP contribution in [0.2, 0.25) is 0 Å². The van der Waals surface area contributed by atoms with E-state index in [1.165, 1.54) is 6.26 Å². The normalized spacial score (nSPS) is 12.2. The second-order valence-corrected chi connectivity index (χ2v) is 6.41. The molecular weight excluding hydrogens is 262 g/mol. The summed E-state index contributed by atoms with van der Waals surface area (Å²) in [6.07, 6.45) is 1.45. The summed E-state index contributed by atoms with van der Waals surface area (Å²) in [4.78, 5) is 21.1. The fourth-order valence-electron chi connectivity index (χ4n) is 1.76. The van der Waals surface area contributed by atoms with Gasteiger partial charge >= 0.3 is 0 Å². The van der Waals surface area contributed by atoms with Crippen LogP contribution < -0.4 is 5.56 Å². The Morgan fingerprint density at radius 3 is 2.79 bits per heavy atom. The summed E-state index contributed by atoms with van der Waals surface area (Å²) in [5.74, 6) is 0.438. The van der Waals surface area contributed by atoms with Gasteiger partial charge in [-0.25, -0.2) is 4.98 Å². The molecule has 1 N–H and O–H groups in total. The van der Waals surface area contributed by atoms with Crippen molar-refractivity contribution < 1.29 is 4.52 Å². The van der Waals surface area contributed by atoms with Crippen LogP contribution in [0.4, 0.5) is 0 Å². The van der Waals surface area contributed by atoms with E-state index in [2.05, 4.69) is 35.9 Å². The van der Waals surface area contributed by atoms with Crippen LogP contribution >= 0.6 is 11.3 Å². The molecule has 0 amide bonds. The summed E-state index contributed by atoms with van der Waals surface area (Å²) in [5.41, 5.74) is 0.394. The third kappa shape index (κ3) is 2.08. The number of thiophene rings is 1. The molecule has 3 heterocycles. The highest BCUT2D eigenvalue weighted by Crippen LogP contribution is 2.32. The number of nitrogens with one attached hydrogen (secondary N) is 1. The lowest BCUT2D eigenvalue weighted by Gasteiger charge is -2.14. The number of fused-ring (bicyclic) bond motifs is 1. The molecule has 0 aromatic carbocycles. The maximum Gasteiger partial charge on any atom is 0.259 e. The van der Waals surface area contributed by atoms with Crippen molar-refractivity contribution in [3.05, 3.63) is 33.6 Å². The molecule has 0 aliphatic heterocycles. The molecule has 6 heteroatoms. The van der Waals surface area contributed by atoms with Gasteiger partial charge in [0.15, 0.2) is 5.82 Å². The minimum absolute atomic E-state index is 0.00581. The topological polar surface area (TPSA) is 71.8 Å². The zero-order valence-corrected chi connectivity index (χ0v) is 11.7. The maximum absolute atomic E-state index is 12.1. The first-order valence-electron chi connectivity index (χ1n) is 5.90. The first kappa shape index (κ1) is 12.1. The van der Waals surface area contributed by atoms with Crippen LogP contribution in [-0.4, -0.2) is 15.1 Å². The third-order valence-electron chi connectivity index (χ3n) is 2.82. The first-order chi connectivity index (χ1) is 8.95. The maximum atomic E-state index is 12.1. The Morgan fingerprint density at radius 2 is 2.16 bits per heavy atom. The van der Waals surface area contributed by atoms with E-state index in [0.717, 1.165) is 9.71 Å². The molecule has 0 fully saturated rings. The van der Waals surface area contributed by atoms with Gasteiger partial charge in [-0.15, -0.1) is 11.3 Å². The lowest BCUT2D eigenvalue weighted by atomic mass is 9.94. The lowest BCUT2D eigenvalue weighted by Crippen LogP contribution is -2.09. The molecule has 0 radical (unpaired) electrons. The molecule has 0 saturated carbocycles. The molecule has 0 aliphatic carbocycles. The van der Waals surface area contributed by atoms with Gasteiger partial charge in [-0.2, -0.15) is 0 Å². The van der Waals surface area contributed by atoms with Gasteiger partial charge < -0.3 is 9.51 Å². The lowest BCUT2D eigenvalue weighted by molar-refractivity contribution is 0.422. The number of H-pyrrole nitrogens is 1. The van der Waals surface area contributed by atoms with E-state index in [9.17, 15) is 4.79 Å². The van der Waals surface area contributed by atoms with E-state index in [1.54, 1.807) is 17.4 Å². The van der Waals surface area contributed by atoms with Crippen molar-refractivity contribution in [1.29, 1.82) is 0 Å². The van der Waals surface area contributed by atoms with Gasteiger partial charge in [0.2, 0.25) is 0 Å². The number of hydrogen-bond acceptors (Lipinski definition) is 5. The van der Waals surface area contributed by atoms with Crippen LogP contribution in [0, 0.1) is 0 Å². The Kier molecular flexibility index (Phi) is 2.56. The predicted octanol–water partition coefficient (Wildman–Crippen LogP) is 2.94. The molecule has 19 heavy (non-hydrogen) atoms. The Labute approximate surface area is 113 Å². The van der Waals surface area contributed by atoms with Gasteiger partial charge in [0.25, 0.3) is 5.56 Å². The van der Waals surface area contributed by atoms with Crippen LogP contribution in [-0.2, 0) is 5.41 Å². The summed E-state index contributed by atoms with van der Waals surface area (Å²) >= 11 is 1.54. The van der Waals surface area contributed by atoms with Crippen molar-refractivity contribution in [3.8, 4) is 11.5 Å². The minimum atomic E-state index is -0.144. The zero-order valence-electron chi connectivity index (χ0n) is 10.9. The van der Waals surface area contributed by atoms with Crippen molar-refractivity contribution in [1.82, 2.24) is 15.1 Å². The number of rotatable bonds is 1. The van der Waals surface area contributed by atoms with Gasteiger partial charge in [-0.3, -0.25) is 4.79 Å². The molecule has 0 spiro atoms. The molecule has 3 aromatic heterocycles. The highest BCUT2D eigenvalue weighted by atomic mass is 32.1. The Balaban J connectivity index is 2.24. The minimum Gasteiger partial charge on any atom is -0.364 e. The molecular formula is C13H13N3O2S. The third-order valence-corrected chi connectivity index (χ3v) is 4.28. The van der Waals surface area contributed by atoms with Gasteiger partial charge in [-0.05, 0) is 11.5 Å². The second kappa shape index (κ2) is 4.03. The van der Waals surface area contributed by atoms with E-state index in [1.807, 2.05) is 6.07 Å². The number of nitrogens with zero attached hydrogens (tertiary/aromatic N) is 2. The van der Waals surface area contributed by atoms with Crippen molar-refractivity contribution in [2.75, 3.05) is 0 Å². The van der Waals surface area contributed by atoms with Gasteiger partial charge in [0, 0.05) is 10.9 Å². The van der Waals surface area contributed by atoms with Crippen LogP contribution in [0.5, 0.6) is 0 Å². The molecule has 3 rings (SSSR count). The van der Waals surface area contributed by atoms with Crippen LogP contribution in [0.15, 0.2) is 27.7 Å². The van der Waals surface area contributed by atoms with E-state index >= 15 is 0 Å². The van der Waals surface area contributed by atoms with Crippen molar-refractivity contribution in [3.63, 3.8) is 0 Å². The summed E-state index contributed by atoms with van der Waals surface area (Å²) in [6.45, 7) is 6.35. The Bertz CT molecular complexity index is 778.